The molecule has 0 saturated carbocycles. The van der Waals surface area contributed by atoms with Crippen LogP contribution in [0.2, 0.25) is 0 Å². The van der Waals surface area contributed by atoms with E-state index in [9.17, 15) is 9.59 Å². The Bertz CT molecular complexity index is 502. The van der Waals surface area contributed by atoms with Gasteiger partial charge >= 0.3 is 0 Å². The van der Waals surface area contributed by atoms with Crippen LogP contribution in [0.1, 0.15) is 37.3 Å². The van der Waals surface area contributed by atoms with Gasteiger partial charge < -0.3 is 10.2 Å². The van der Waals surface area contributed by atoms with E-state index in [4.69, 9.17) is 0 Å². The fourth-order valence-electron chi connectivity index (χ4n) is 2.40. The molecule has 2 rings (SSSR count). The van der Waals surface area contributed by atoms with Gasteiger partial charge in [-0.15, -0.1) is 0 Å². The minimum atomic E-state index is -0.382. The summed E-state index contributed by atoms with van der Waals surface area (Å²) in [7, 11) is 0. The summed E-state index contributed by atoms with van der Waals surface area (Å²) in [6.07, 6.45) is 5.46. The zero-order valence-corrected chi connectivity index (χ0v) is 12.1. The van der Waals surface area contributed by atoms with E-state index in [2.05, 4.69) is 10.3 Å². The second-order valence-electron chi connectivity index (χ2n) is 5.22. The lowest BCUT2D eigenvalue weighted by atomic mass is 10.1. The van der Waals surface area contributed by atoms with Crippen molar-refractivity contribution >= 4 is 11.8 Å². The van der Waals surface area contributed by atoms with Crippen molar-refractivity contribution in [3.63, 3.8) is 0 Å². The normalized spacial score (nSPS) is 19.7. The van der Waals surface area contributed by atoms with Gasteiger partial charge in [0.05, 0.1) is 0 Å². The van der Waals surface area contributed by atoms with Gasteiger partial charge in [0.2, 0.25) is 11.8 Å². The molecule has 2 heterocycles. The molecule has 2 amide bonds. The molecule has 1 aliphatic rings. The maximum absolute atomic E-state index is 12.5. The van der Waals surface area contributed by atoms with Crippen LogP contribution in [-0.2, 0) is 16.1 Å². The first-order valence-electron chi connectivity index (χ1n) is 7.09. The molecule has 20 heavy (non-hydrogen) atoms. The van der Waals surface area contributed by atoms with Crippen LogP contribution in [0.3, 0.4) is 0 Å². The van der Waals surface area contributed by atoms with Crippen molar-refractivity contribution in [1.82, 2.24) is 15.2 Å². The molecule has 5 heteroatoms. The first-order valence-corrected chi connectivity index (χ1v) is 7.09. The summed E-state index contributed by atoms with van der Waals surface area (Å²) in [4.78, 5) is 30.0. The molecule has 5 nitrogen and oxygen atoms in total. The molecular weight excluding hydrogens is 254 g/mol. The smallest absolute Gasteiger partial charge is 0.245 e. The maximum Gasteiger partial charge on any atom is 0.245 e. The van der Waals surface area contributed by atoms with Crippen LogP contribution in [-0.4, -0.2) is 34.3 Å². The van der Waals surface area contributed by atoms with Gasteiger partial charge in [-0.3, -0.25) is 14.6 Å². The van der Waals surface area contributed by atoms with E-state index < -0.39 is 0 Å². The van der Waals surface area contributed by atoms with Gasteiger partial charge in [0.1, 0.15) is 6.04 Å². The summed E-state index contributed by atoms with van der Waals surface area (Å²) >= 11 is 0. The van der Waals surface area contributed by atoms with Crippen LogP contribution in [0.5, 0.6) is 0 Å². The summed E-state index contributed by atoms with van der Waals surface area (Å²) in [6, 6.07) is 1.55. The summed E-state index contributed by atoms with van der Waals surface area (Å²) in [6.45, 7) is 5.01. The minimum absolute atomic E-state index is 0.0148. The zero-order chi connectivity index (χ0) is 14.5. The number of amides is 2. The third-order valence-corrected chi connectivity index (χ3v) is 3.64. The van der Waals surface area contributed by atoms with E-state index >= 15 is 0 Å². The van der Waals surface area contributed by atoms with Gasteiger partial charge in [-0.25, -0.2) is 0 Å². The minimum Gasteiger partial charge on any atom is -0.344 e. The number of aryl methyl sites for hydroxylation is 1. The first kappa shape index (κ1) is 14.5. The van der Waals surface area contributed by atoms with Crippen LogP contribution in [0, 0.1) is 6.92 Å². The first-order chi connectivity index (χ1) is 9.61. The molecule has 0 aliphatic carbocycles. The molecular formula is C15H21N3O2. The topological polar surface area (TPSA) is 62.3 Å². The molecule has 0 radical (unpaired) electrons. The average Bonchev–Trinajstić information content (AvgIpc) is 2.55. The highest BCUT2D eigenvalue weighted by atomic mass is 16.2. The standard InChI is InChI=1S/C15H21N3O2/c1-3-4-13-15(20)18(8-6-14(19)17-13)10-12-9-16-7-5-11(12)2/h5,7,9,13H,3-4,6,8,10H2,1-2H3,(H,17,19). The molecule has 1 unspecified atom stereocenters. The third kappa shape index (κ3) is 3.35. The van der Waals surface area contributed by atoms with Crippen LogP contribution >= 0.6 is 0 Å². The fourth-order valence-corrected chi connectivity index (χ4v) is 2.40. The number of carbonyl (C=O) groups excluding carboxylic acids is 2. The SMILES string of the molecule is CCCC1NC(=O)CCN(Cc2cnccc2C)C1=O. The number of aromatic nitrogens is 1. The van der Waals surface area contributed by atoms with E-state index in [1.54, 1.807) is 17.3 Å². The highest BCUT2D eigenvalue weighted by molar-refractivity contribution is 5.89. The second-order valence-corrected chi connectivity index (χ2v) is 5.22. The number of nitrogens with zero attached hydrogens (tertiary/aromatic N) is 2. The maximum atomic E-state index is 12.5. The van der Waals surface area contributed by atoms with Crippen LogP contribution < -0.4 is 5.32 Å². The second kappa shape index (κ2) is 6.50. The quantitative estimate of drug-likeness (QED) is 0.903. The Morgan fingerprint density at radius 1 is 1.45 bits per heavy atom. The van der Waals surface area contributed by atoms with Crippen molar-refractivity contribution in [2.24, 2.45) is 0 Å². The molecule has 108 valence electrons. The van der Waals surface area contributed by atoms with Gasteiger partial charge in [0.15, 0.2) is 0 Å². The Balaban J connectivity index is 2.15. The van der Waals surface area contributed by atoms with Crippen LogP contribution in [0.15, 0.2) is 18.5 Å². The van der Waals surface area contributed by atoms with Crippen LogP contribution in [0.4, 0.5) is 0 Å². The van der Waals surface area contributed by atoms with Crippen LogP contribution in [0.25, 0.3) is 0 Å². The van der Waals surface area contributed by atoms with Gasteiger partial charge in [-0.2, -0.15) is 0 Å². The average molecular weight is 275 g/mol. The van der Waals surface area contributed by atoms with Crippen molar-refractivity contribution < 1.29 is 9.59 Å². The molecule has 1 saturated heterocycles. The Labute approximate surface area is 119 Å². The number of rotatable bonds is 4. The Morgan fingerprint density at radius 2 is 2.25 bits per heavy atom. The number of hydrogen-bond donors (Lipinski definition) is 1. The largest absolute Gasteiger partial charge is 0.344 e. The molecule has 1 aromatic heterocycles. The number of hydrogen-bond acceptors (Lipinski definition) is 3. The molecule has 0 spiro atoms. The predicted octanol–water partition coefficient (Wildman–Crippen LogP) is 1.41. The number of carbonyl (C=O) groups is 2. The van der Waals surface area contributed by atoms with Gasteiger partial charge in [0.25, 0.3) is 0 Å². The van der Waals surface area contributed by atoms with Gasteiger partial charge in [0, 0.05) is 31.9 Å². The summed E-state index contributed by atoms with van der Waals surface area (Å²) in [5.74, 6) is -0.0249. The summed E-state index contributed by atoms with van der Waals surface area (Å²) < 4.78 is 0. The third-order valence-electron chi connectivity index (χ3n) is 3.64. The van der Waals surface area contributed by atoms with Crippen molar-refractivity contribution in [3.05, 3.63) is 29.6 Å². The monoisotopic (exact) mass is 275 g/mol. The summed E-state index contributed by atoms with van der Waals surface area (Å²) in [5.41, 5.74) is 2.15. The summed E-state index contributed by atoms with van der Waals surface area (Å²) in [5, 5.41) is 2.81. The molecule has 1 aromatic rings. The zero-order valence-electron chi connectivity index (χ0n) is 12.1. The molecule has 0 aromatic carbocycles. The number of nitrogens with one attached hydrogen (secondary N) is 1. The Hall–Kier alpha value is -1.91. The highest BCUT2D eigenvalue weighted by Crippen LogP contribution is 2.14. The van der Waals surface area contributed by atoms with Gasteiger partial charge in [-0.1, -0.05) is 13.3 Å². The highest BCUT2D eigenvalue weighted by Gasteiger charge is 2.29. The van der Waals surface area contributed by atoms with Crippen molar-refractivity contribution in [1.29, 1.82) is 0 Å². The lowest BCUT2D eigenvalue weighted by Gasteiger charge is -2.24. The van der Waals surface area contributed by atoms with Crippen molar-refractivity contribution in [3.8, 4) is 0 Å². The van der Waals surface area contributed by atoms with E-state index in [1.165, 1.54) is 0 Å². The van der Waals surface area contributed by atoms with E-state index in [0.29, 0.717) is 25.9 Å². The fraction of sp³-hybridized carbons (Fsp3) is 0.533. The lowest BCUT2D eigenvalue weighted by Crippen LogP contribution is -2.44. The molecule has 0 bridgehead atoms. The predicted molar refractivity (Wildman–Crippen MR) is 75.8 cm³/mol. The van der Waals surface area contributed by atoms with Crippen molar-refractivity contribution in [2.75, 3.05) is 6.54 Å². The van der Waals surface area contributed by atoms with E-state index in [0.717, 1.165) is 17.5 Å². The molecule has 1 atom stereocenters. The Morgan fingerprint density at radius 3 is 2.95 bits per heavy atom. The molecule has 1 N–H and O–H groups in total. The van der Waals surface area contributed by atoms with E-state index in [1.807, 2.05) is 19.9 Å². The van der Waals surface area contributed by atoms with Gasteiger partial charge in [-0.05, 0) is 30.5 Å². The molecule has 1 aliphatic heterocycles. The Kier molecular flexibility index (Phi) is 4.71. The molecule has 1 fully saturated rings. The number of pyridine rings is 1. The lowest BCUT2D eigenvalue weighted by molar-refractivity contribution is -0.134. The van der Waals surface area contributed by atoms with Crippen molar-refractivity contribution in [2.45, 2.75) is 45.7 Å². The van der Waals surface area contributed by atoms with E-state index in [-0.39, 0.29) is 17.9 Å².